The number of carbonyl (C=O) groups is 2. The maximum absolute atomic E-state index is 14.0. The van der Waals surface area contributed by atoms with Crippen molar-refractivity contribution in [3.05, 3.63) is 102 Å². The molecule has 2 saturated heterocycles. The van der Waals surface area contributed by atoms with Crippen molar-refractivity contribution in [2.24, 2.45) is 20.0 Å². The van der Waals surface area contributed by atoms with E-state index in [1.165, 1.54) is 11.1 Å². The Morgan fingerprint density at radius 1 is 0.933 bits per heavy atom. The Labute approximate surface area is 262 Å². The zero-order chi connectivity index (χ0) is 30.9. The summed E-state index contributed by atoms with van der Waals surface area (Å²) < 4.78 is 3.59. The first kappa shape index (κ1) is 28.9. The van der Waals surface area contributed by atoms with Crippen molar-refractivity contribution in [2.75, 3.05) is 13.1 Å². The molecule has 2 N–H and O–H groups in total. The summed E-state index contributed by atoms with van der Waals surface area (Å²) in [6, 6.07) is 26.0. The summed E-state index contributed by atoms with van der Waals surface area (Å²) in [5.41, 5.74) is 7.28. The van der Waals surface area contributed by atoms with Gasteiger partial charge in [0.15, 0.2) is 0 Å². The minimum absolute atomic E-state index is 0.0172. The van der Waals surface area contributed by atoms with E-state index in [0.717, 1.165) is 47.2 Å². The van der Waals surface area contributed by atoms with E-state index in [1.54, 1.807) is 10.9 Å². The number of aromatic nitrogens is 5. The van der Waals surface area contributed by atoms with Crippen LogP contribution in [0.25, 0.3) is 22.3 Å². The van der Waals surface area contributed by atoms with Gasteiger partial charge >= 0.3 is 0 Å². The van der Waals surface area contributed by atoms with E-state index in [-0.39, 0.29) is 29.7 Å². The van der Waals surface area contributed by atoms with Crippen LogP contribution in [0.15, 0.2) is 85.1 Å². The molecule has 0 saturated carbocycles. The van der Waals surface area contributed by atoms with Crippen molar-refractivity contribution in [3.63, 3.8) is 0 Å². The Bertz CT molecular complexity index is 1810. The predicted octanol–water partition coefficient (Wildman–Crippen LogP) is 3.59. The summed E-state index contributed by atoms with van der Waals surface area (Å²) in [6.07, 6.45) is 3.95. The van der Waals surface area contributed by atoms with Gasteiger partial charge in [-0.05, 0) is 71.6 Å². The van der Waals surface area contributed by atoms with Crippen molar-refractivity contribution < 1.29 is 9.59 Å². The van der Waals surface area contributed by atoms with Crippen LogP contribution in [-0.4, -0.2) is 66.7 Å². The van der Waals surface area contributed by atoms with Crippen LogP contribution in [0.2, 0.25) is 0 Å². The topological polar surface area (TPSA) is 110 Å². The van der Waals surface area contributed by atoms with E-state index in [0.29, 0.717) is 19.5 Å². The normalized spacial score (nSPS) is 21.4. The van der Waals surface area contributed by atoms with Crippen LogP contribution < -0.4 is 10.6 Å². The number of hydrogen-bond donors (Lipinski definition) is 2. The van der Waals surface area contributed by atoms with Gasteiger partial charge in [-0.3, -0.25) is 14.3 Å². The average Bonchev–Trinajstić information content (AvgIpc) is 3.88. The molecule has 7 rings (SSSR count). The van der Waals surface area contributed by atoms with Gasteiger partial charge in [0.1, 0.15) is 11.6 Å². The Hall–Kier alpha value is -4.83. The lowest BCUT2D eigenvalue weighted by molar-refractivity contribution is -0.139. The maximum Gasteiger partial charge on any atom is 0.243 e. The van der Waals surface area contributed by atoms with E-state index in [9.17, 15) is 9.59 Å². The Morgan fingerprint density at radius 2 is 1.73 bits per heavy atom. The van der Waals surface area contributed by atoms with Crippen molar-refractivity contribution >= 4 is 22.8 Å². The number of fused-ring (bicyclic) bond motifs is 1. The SMILES string of the molecule is Cn1nccc1-c1ccc(CC2CC(C(=O)NCc3ccc4c(c3)nnn4C)N(C(=O)C3CC(c4ccccc4)CN3)C2)cc1. The Balaban J connectivity index is 1.06. The first-order chi connectivity index (χ1) is 21.9. The molecular formula is C35H38N8O2. The standard InChI is InChI=1S/C35H38N8O2/c1-41-31(14-15-38-41)27-11-8-23(9-12-27)16-25-18-33(34(44)37-20-24-10-13-32-29(17-24)39-40-42(32)2)43(22-25)35(45)30-19-28(21-36-30)26-6-4-3-5-7-26/h3-15,17,25,28,30,33,36H,16,18-22H2,1-2H3,(H,37,44). The fraction of sp³-hybridized carbons (Fsp3) is 0.343. The van der Waals surface area contributed by atoms with Crippen LogP contribution in [0.4, 0.5) is 0 Å². The monoisotopic (exact) mass is 602 g/mol. The number of nitrogens with one attached hydrogen (secondary N) is 2. The molecule has 230 valence electrons. The van der Waals surface area contributed by atoms with Crippen molar-refractivity contribution in [2.45, 2.75) is 43.8 Å². The molecule has 5 aromatic rings. The van der Waals surface area contributed by atoms with Crippen LogP contribution in [0.5, 0.6) is 0 Å². The second kappa shape index (κ2) is 12.3. The summed E-state index contributed by atoms with van der Waals surface area (Å²) in [7, 11) is 3.79. The zero-order valence-corrected chi connectivity index (χ0v) is 25.6. The maximum atomic E-state index is 14.0. The van der Waals surface area contributed by atoms with Crippen LogP contribution >= 0.6 is 0 Å². The van der Waals surface area contributed by atoms with Crippen molar-refractivity contribution in [1.29, 1.82) is 0 Å². The Kier molecular flexibility index (Phi) is 7.89. The first-order valence-electron chi connectivity index (χ1n) is 15.6. The molecule has 4 unspecified atom stereocenters. The van der Waals surface area contributed by atoms with Crippen LogP contribution in [0, 0.1) is 5.92 Å². The highest BCUT2D eigenvalue weighted by Crippen LogP contribution is 2.32. The predicted molar refractivity (Wildman–Crippen MR) is 172 cm³/mol. The molecule has 45 heavy (non-hydrogen) atoms. The number of aryl methyl sites for hydroxylation is 2. The zero-order valence-electron chi connectivity index (χ0n) is 25.6. The fourth-order valence-electron chi connectivity index (χ4n) is 6.97. The number of likely N-dealkylation sites (tertiary alicyclic amines) is 1. The van der Waals surface area contributed by atoms with E-state index < -0.39 is 6.04 Å². The molecule has 0 bridgehead atoms. The molecule has 4 heterocycles. The minimum Gasteiger partial charge on any atom is -0.350 e. The van der Waals surface area contributed by atoms with Gasteiger partial charge in [-0.1, -0.05) is 65.9 Å². The third-order valence-electron chi connectivity index (χ3n) is 9.41. The van der Waals surface area contributed by atoms with E-state index in [2.05, 4.69) is 62.4 Å². The molecule has 0 aliphatic carbocycles. The summed E-state index contributed by atoms with van der Waals surface area (Å²) in [6.45, 7) is 1.67. The highest BCUT2D eigenvalue weighted by molar-refractivity contribution is 5.91. The molecule has 2 aliphatic heterocycles. The molecule has 0 spiro atoms. The van der Waals surface area contributed by atoms with Crippen molar-refractivity contribution in [1.82, 2.24) is 40.3 Å². The second-order valence-corrected chi connectivity index (χ2v) is 12.4. The molecule has 3 aromatic carbocycles. The largest absolute Gasteiger partial charge is 0.350 e. The molecule has 4 atom stereocenters. The number of nitrogens with zero attached hydrogens (tertiary/aromatic N) is 6. The number of rotatable bonds is 8. The van der Waals surface area contributed by atoms with Gasteiger partial charge in [0.2, 0.25) is 11.8 Å². The minimum atomic E-state index is -0.519. The summed E-state index contributed by atoms with van der Waals surface area (Å²) in [5, 5.41) is 19.1. The smallest absolute Gasteiger partial charge is 0.243 e. The number of benzene rings is 3. The second-order valence-electron chi connectivity index (χ2n) is 12.4. The lowest BCUT2D eigenvalue weighted by Crippen LogP contribution is -2.51. The third kappa shape index (κ3) is 5.98. The van der Waals surface area contributed by atoms with E-state index >= 15 is 0 Å². The molecule has 0 radical (unpaired) electrons. The summed E-state index contributed by atoms with van der Waals surface area (Å²) >= 11 is 0. The van der Waals surface area contributed by atoms with Gasteiger partial charge in [0.05, 0.1) is 17.3 Å². The fourth-order valence-corrected chi connectivity index (χ4v) is 6.97. The molecular weight excluding hydrogens is 564 g/mol. The molecule has 10 heteroatoms. The molecule has 10 nitrogen and oxygen atoms in total. The highest BCUT2D eigenvalue weighted by Gasteiger charge is 2.43. The Morgan fingerprint density at radius 3 is 2.51 bits per heavy atom. The molecule has 2 aromatic heterocycles. The van der Waals surface area contributed by atoms with Gasteiger partial charge in [-0.2, -0.15) is 5.10 Å². The molecule has 2 aliphatic rings. The lowest BCUT2D eigenvalue weighted by Gasteiger charge is -2.27. The number of hydrogen-bond acceptors (Lipinski definition) is 6. The quantitative estimate of drug-likeness (QED) is 0.281. The number of amides is 2. The summed E-state index contributed by atoms with van der Waals surface area (Å²) in [4.78, 5) is 29.6. The van der Waals surface area contributed by atoms with Gasteiger partial charge < -0.3 is 15.5 Å². The van der Waals surface area contributed by atoms with Gasteiger partial charge in [-0.15, -0.1) is 5.10 Å². The third-order valence-corrected chi connectivity index (χ3v) is 9.41. The number of carbonyl (C=O) groups excluding carboxylic acids is 2. The van der Waals surface area contributed by atoms with Crippen LogP contribution in [0.3, 0.4) is 0 Å². The average molecular weight is 603 g/mol. The van der Waals surface area contributed by atoms with Crippen molar-refractivity contribution in [3.8, 4) is 11.3 Å². The highest BCUT2D eigenvalue weighted by atomic mass is 16.2. The van der Waals surface area contributed by atoms with Crippen LogP contribution in [0.1, 0.15) is 35.4 Å². The van der Waals surface area contributed by atoms with Gasteiger partial charge in [0, 0.05) is 39.9 Å². The first-order valence-corrected chi connectivity index (χ1v) is 15.6. The lowest BCUT2D eigenvalue weighted by atomic mass is 9.95. The van der Waals surface area contributed by atoms with Crippen LogP contribution in [-0.2, 0) is 36.6 Å². The van der Waals surface area contributed by atoms with E-state index in [1.807, 2.05) is 66.1 Å². The van der Waals surface area contributed by atoms with Gasteiger partial charge in [0.25, 0.3) is 0 Å². The van der Waals surface area contributed by atoms with Gasteiger partial charge in [-0.25, -0.2) is 4.68 Å². The summed E-state index contributed by atoms with van der Waals surface area (Å²) in [5.74, 6) is 0.354. The molecule has 2 amide bonds. The molecule has 2 fully saturated rings. The van der Waals surface area contributed by atoms with E-state index in [4.69, 9.17) is 0 Å².